The number of sulfonamides is 1. The van der Waals surface area contributed by atoms with Crippen LogP contribution in [0.15, 0.2) is 39.8 Å². The first-order valence-electron chi connectivity index (χ1n) is 5.26. The predicted octanol–water partition coefficient (Wildman–Crippen LogP) is 1.25. The molecule has 2 rings (SSSR count). The van der Waals surface area contributed by atoms with Crippen molar-refractivity contribution in [3.8, 4) is 0 Å². The largest absolute Gasteiger partial charge is 0.410 e. The van der Waals surface area contributed by atoms with E-state index in [1.54, 1.807) is 24.3 Å². The lowest BCUT2D eigenvalue weighted by molar-refractivity contribution is -0.392. The molecule has 1 heterocycles. The molecule has 0 saturated heterocycles. The van der Waals surface area contributed by atoms with E-state index in [9.17, 15) is 18.5 Å². The van der Waals surface area contributed by atoms with Gasteiger partial charge in [-0.15, -0.1) is 0 Å². The number of benzene rings is 1. The Bertz CT molecular complexity index is 754. The van der Waals surface area contributed by atoms with E-state index >= 15 is 0 Å². The highest BCUT2D eigenvalue weighted by molar-refractivity contribution is 9.10. The molecular formula is C10H9BrN4O4S. The molecule has 0 radical (unpaired) electrons. The van der Waals surface area contributed by atoms with Gasteiger partial charge in [0.05, 0.1) is 17.8 Å². The van der Waals surface area contributed by atoms with Gasteiger partial charge >= 0.3 is 5.82 Å². The van der Waals surface area contributed by atoms with Gasteiger partial charge in [0, 0.05) is 4.47 Å². The Labute approximate surface area is 122 Å². The van der Waals surface area contributed by atoms with E-state index in [1.807, 2.05) is 0 Å². The molecule has 0 saturated carbocycles. The van der Waals surface area contributed by atoms with Crippen LogP contribution in [0.5, 0.6) is 0 Å². The summed E-state index contributed by atoms with van der Waals surface area (Å²) in [4.78, 5) is 9.31. The molecule has 0 amide bonds. The van der Waals surface area contributed by atoms with Crippen molar-refractivity contribution in [2.75, 3.05) is 0 Å². The first-order valence-corrected chi connectivity index (χ1v) is 7.60. The molecule has 20 heavy (non-hydrogen) atoms. The van der Waals surface area contributed by atoms with Gasteiger partial charge in [0.2, 0.25) is 14.9 Å². The summed E-state index contributed by atoms with van der Waals surface area (Å²) in [6, 6.07) is 7.17. The summed E-state index contributed by atoms with van der Waals surface area (Å²) in [5.41, 5.74) is 0.812. The molecule has 2 aromatic rings. The average Bonchev–Trinajstić information content (AvgIpc) is 2.76. The number of hydrogen-bond donors (Lipinski definition) is 1. The van der Waals surface area contributed by atoms with Crippen LogP contribution in [-0.2, 0) is 16.6 Å². The Morgan fingerprint density at radius 3 is 2.40 bits per heavy atom. The van der Waals surface area contributed by atoms with Gasteiger partial charge in [-0.1, -0.05) is 28.1 Å². The van der Waals surface area contributed by atoms with Gasteiger partial charge in [0.1, 0.15) is 0 Å². The molecule has 0 aliphatic carbocycles. The van der Waals surface area contributed by atoms with E-state index in [2.05, 4.69) is 21.0 Å². The van der Waals surface area contributed by atoms with Gasteiger partial charge in [0.15, 0.2) is 0 Å². The van der Waals surface area contributed by atoms with Gasteiger partial charge in [0.25, 0.3) is 0 Å². The Balaban J connectivity index is 2.39. The van der Waals surface area contributed by atoms with E-state index in [1.165, 1.54) is 4.68 Å². The van der Waals surface area contributed by atoms with Crippen molar-refractivity contribution in [1.82, 2.24) is 9.78 Å². The van der Waals surface area contributed by atoms with E-state index in [4.69, 9.17) is 5.14 Å². The second-order valence-electron chi connectivity index (χ2n) is 3.94. The molecular weight excluding hydrogens is 352 g/mol. The maximum atomic E-state index is 11.3. The van der Waals surface area contributed by atoms with Crippen molar-refractivity contribution in [3.63, 3.8) is 0 Å². The fourth-order valence-corrected chi connectivity index (χ4v) is 2.48. The minimum absolute atomic E-state index is 0.198. The lowest BCUT2D eigenvalue weighted by Gasteiger charge is -1.98. The highest BCUT2D eigenvalue weighted by atomic mass is 79.9. The monoisotopic (exact) mass is 360 g/mol. The van der Waals surface area contributed by atoms with Crippen molar-refractivity contribution in [2.24, 2.45) is 5.14 Å². The SMILES string of the molecule is NS(=O)(=O)c1cn(Cc2ccc(Br)cc2)nc1[N+](=O)[O-]. The summed E-state index contributed by atoms with van der Waals surface area (Å²) >= 11 is 3.28. The van der Waals surface area contributed by atoms with Crippen LogP contribution in [0.25, 0.3) is 0 Å². The number of hydrogen-bond acceptors (Lipinski definition) is 5. The highest BCUT2D eigenvalue weighted by Gasteiger charge is 2.28. The van der Waals surface area contributed by atoms with Crippen LogP contribution >= 0.6 is 15.9 Å². The second-order valence-corrected chi connectivity index (χ2v) is 6.39. The molecule has 1 aromatic carbocycles. The number of rotatable bonds is 4. The normalized spacial score (nSPS) is 11.5. The molecule has 106 valence electrons. The number of nitrogens with two attached hydrogens (primary N) is 1. The van der Waals surface area contributed by atoms with Crippen molar-refractivity contribution in [1.29, 1.82) is 0 Å². The van der Waals surface area contributed by atoms with Crippen LogP contribution < -0.4 is 5.14 Å². The molecule has 10 heteroatoms. The van der Waals surface area contributed by atoms with Gasteiger partial charge in [-0.05, 0) is 22.6 Å². The van der Waals surface area contributed by atoms with Gasteiger partial charge < -0.3 is 10.1 Å². The third-order valence-corrected chi connectivity index (χ3v) is 3.88. The minimum atomic E-state index is -4.19. The predicted molar refractivity (Wildman–Crippen MR) is 73.5 cm³/mol. The van der Waals surface area contributed by atoms with Gasteiger partial charge in [-0.25, -0.2) is 13.6 Å². The summed E-state index contributed by atoms with van der Waals surface area (Å²) in [7, 11) is -4.19. The fraction of sp³-hybridized carbons (Fsp3) is 0.100. The zero-order valence-electron chi connectivity index (χ0n) is 9.93. The number of nitro groups is 1. The number of primary sulfonamides is 1. The quantitative estimate of drug-likeness (QED) is 0.649. The first kappa shape index (κ1) is 14.6. The fourth-order valence-electron chi connectivity index (χ4n) is 1.58. The van der Waals surface area contributed by atoms with Crippen LogP contribution in [0.1, 0.15) is 5.56 Å². The van der Waals surface area contributed by atoms with Gasteiger partial charge in [-0.3, -0.25) is 0 Å². The van der Waals surface area contributed by atoms with Crippen molar-refractivity contribution in [3.05, 3.63) is 50.6 Å². The van der Waals surface area contributed by atoms with Crippen molar-refractivity contribution < 1.29 is 13.3 Å². The second kappa shape index (κ2) is 5.31. The van der Waals surface area contributed by atoms with Crippen LogP contribution in [0.3, 0.4) is 0 Å². The molecule has 0 fully saturated rings. The molecule has 0 unspecified atom stereocenters. The first-order chi connectivity index (χ1) is 9.27. The average molecular weight is 361 g/mol. The summed E-state index contributed by atoms with van der Waals surface area (Å²) in [6.07, 6.45) is 1.05. The third-order valence-electron chi connectivity index (χ3n) is 2.45. The van der Waals surface area contributed by atoms with Gasteiger partial charge in [-0.2, -0.15) is 4.68 Å². The van der Waals surface area contributed by atoms with E-state index < -0.39 is 25.7 Å². The zero-order valence-corrected chi connectivity index (χ0v) is 12.3. The van der Waals surface area contributed by atoms with Crippen LogP contribution in [0.4, 0.5) is 5.82 Å². The number of aromatic nitrogens is 2. The standard InChI is InChI=1S/C10H9BrN4O4S/c11-8-3-1-7(2-4-8)5-14-6-9(20(12,18)19)10(13-14)15(16)17/h1-4,6H,5H2,(H2,12,18,19). The molecule has 0 atom stereocenters. The minimum Gasteiger partial charge on any atom is -0.358 e. The van der Waals surface area contributed by atoms with E-state index in [0.29, 0.717) is 0 Å². The molecule has 0 spiro atoms. The topological polar surface area (TPSA) is 121 Å². The van der Waals surface area contributed by atoms with Crippen molar-refractivity contribution in [2.45, 2.75) is 11.4 Å². The molecule has 0 bridgehead atoms. The number of nitrogens with zero attached hydrogens (tertiary/aromatic N) is 3. The summed E-state index contributed by atoms with van der Waals surface area (Å²) in [5, 5.41) is 19.4. The lowest BCUT2D eigenvalue weighted by Crippen LogP contribution is -2.13. The van der Waals surface area contributed by atoms with Crippen LogP contribution in [0, 0.1) is 10.1 Å². The highest BCUT2D eigenvalue weighted by Crippen LogP contribution is 2.21. The van der Waals surface area contributed by atoms with E-state index in [0.717, 1.165) is 16.2 Å². The molecule has 2 N–H and O–H groups in total. The number of halogens is 1. The van der Waals surface area contributed by atoms with Crippen LogP contribution in [0.2, 0.25) is 0 Å². The van der Waals surface area contributed by atoms with E-state index in [-0.39, 0.29) is 6.54 Å². The zero-order chi connectivity index (χ0) is 14.9. The maximum Gasteiger partial charge on any atom is 0.410 e. The summed E-state index contributed by atoms with van der Waals surface area (Å²) in [5.74, 6) is -0.774. The maximum absolute atomic E-state index is 11.3. The summed E-state index contributed by atoms with van der Waals surface area (Å²) in [6.45, 7) is 0.198. The Hall–Kier alpha value is -1.78. The molecule has 1 aromatic heterocycles. The Kier molecular flexibility index (Phi) is 3.88. The Morgan fingerprint density at radius 2 is 1.95 bits per heavy atom. The molecule has 0 aliphatic rings. The molecule has 0 aliphatic heterocycles. The lowest BCUT2D eigenvalue weighted by atomic mass is 10.2. The summed E-state index contributed by atoms with van der Waals surface area (Å²) < 4.78 is 24.6. The molecule has 8 nitrogen and oxygen atoms in total. The smallest absolute Gasteiger partial charge is 0.358 e. The third kappa shape index (κ3) is 3.21. The Morgan fingerprint density at radius 1 is 1.35 bits per heavy atom. The van der Waals surface area contributed by atoms with Crippen molar-refractivity contribution >= 4 is 31.8 Å². The van der Waals surface area contributed by atoms with Crippen LogP contribution in [-0.4, -0.2) is 23.1 Å².